The second-order valence-corrected chi connectivity index (χ2v) is 10.3. The first kappa shape index (κ1) is 30.2. The SMILES string of the molecule is COc1ccc(-c2cc(=O)c3c(O)cc(OC4OC(CO)C(O)C(O)C4OC4OCC(O)C(C)(O)C4O)cc3o2)cc1. The topological polar surface area (TPSA) is 218 Å². The van der Waals surface area contributed by atoms with Crippen LogP contribution >= 0.6 is 0 Å². The Labute approximate surface area is 238 Å². The van der Waals surface area contributed by atoms with Gasteiger partial charge in [-0.3, -0.25) is 4.79 Å². The van der Waals surface area contributed by atoms with Crippen LogP contribution in [0.5, 0.6) is 17.2 Å². The molecule has 0 bridgehead atoms. The first-order chi connectivity index (χ1) is 19.9. The number of aliphatic hydroxyl groups is 6. The predicted molar refractivity (Wildman–Crippen MR) is 142 cm³/mol. The van der Waals surface area contributed by atoms with Gasteiger partial charge in [0.1, 0.15) is 70.1 Å². The molecule has 5 rings (SSSR count). The van der Waals surface area contributed by atoms with Gasteiger partial charge < -0.3 is 63.8 Å². The highest BCUT2D eigenvalue weighted by molar-refractivity contribution is 5.86. The van der Waals surface area contributed by atoms with Crippen molar-refractivity contribution in [2.24, 2.45) is 0 Å². The summed E-state index contributed by atoms with van der Waals surface area (Å²) in [5.74, 6) is 0.194. The zero-order valence-corrected chi connectivity index (χ0v) is 22.6. The number of hydrogen-bond acceptors (Lipinski definition) is 14. The molecule has 2 saturated heterocycles. The van der Waals surface area contributed by atoms with Crippen LogP contribution in [0.3, 0.4) is 0 Å². The number of aromatic hydroxyl groups is 1. The molecule has 3 aromatic rings. The number of rotatable bonds is 7. The minimum atomic E-state index is -2.03. The van der Waals surface area contributed by atoms with E-state index < -0.39 is 79.2 Å². The molecule has 0 spiro atoms. The van der Waals surface area contributed by atoms with Gasteiger partial charge >= 0.3 is 0 Å². The van der Waals surface area contributed by atoms with Crippen LogP contribution in [-0.4, -0.2) is 111 Å². The average Bonchev–Trinajstić information content (AvgIpc) is 2.96. The summed E-state index contributed by atoms with van der Waals surface area (Å²) in [6.45, 7) is 0.0443. The Bertz CT molecular complexity index is 1450. The van der Waals surface area contributed by atoms with Crippen molar-refractivity contribution >= 4 is 11.0 Å². The lowest BCUT2D eigenvalue weighted by Gasteiger charge is -2.46. The summed E-state index contributed by atoms with van der Waals surface area (Å²) >= 11 is 0. The molecule has 228 valence electrons. The van der Waals surface area contributed by atoms with Gasteiger partial charge in [0.05, 0.1) is 20.3 Å². The third kappa shape index (κ3) is 5.56. The van der Waals surface area contributed by atoms with Gasteiger partial charge in [-0.25, -0.2) is 0 Å². The lowest BCUT2D eigenvalue weighted by molar-refractivity contribution is -0.356. The Kier molecular flexibility index (Phi) is 8.44. The maximum Gasteiger partial charge on any atom is 0.229 e. The fourth-order valence-corrected chi connectivity index (χ4v) is 4.83. The van der Waals surface area contributed by atoms with Crippen molar-refractivity contribution in [1.82, 2.24) is 0 Å². The third-order valence-electron chi connectivity index (χ3n) is 7.48. The molecule has 14 nitrogen and oxygen atoms in total. The zero-order chi connectivity index (χ0) is 30.3. The zero-order valence-electron chi connectivity index (χ0n) is 22.6. The maximum atomic E-state index is 12.9. The predicted octanol–water partition coefficient (Wildman–Crippen LogP) is -0.794. The van der Waals surface area contributed by atoms with E-state index in [9.17, 15) is 40.5 Å². The Morgan fingerprint density at radius 3 is 2.38 bits per heavy atom. The van der Waals surface area contributed by atoms with Crippen LogP contribution < -0.4 is 14.9 Å². The van der Waals surface area contributed by atoms with Crippen molar-refractivity contribution in [3.05, 3.63) is 52.7 Å². The van der Waals surface area contributed by atoms with Crippen molar-refractivity contribution in [2.45, 2.75) is 61.7 Å². The number of benzene rings is 2. The highest BCUT2D eigenvalue weighted by Gasteiger charge is 2.52. The second-order valence-electron chi connectivity index (χ2n) is 10.3. The highest BCUT2D eigenvalue weighted by Crippen LogP contribution is 2.35. The van der Waals surface area contributed by atoms with E-state index in [0.717, 1.165) is 6.07 Å². The van der Waals surface area contributed by atoms with Crippen molar-refractivity contribution in [2.75, 3.05) is 20.3 Å². The molecule has 2 aromatic carbocycles. The number of phenols is 1. The molecule has 0 saturated carbocycles. The fraction of sp³-hybridized carbons (Fsp3) is 0.464. The van der Waals surface area contributed by atoms with E-state index in [4.69, 9.17) is 28.1 Å². The van der Waals surface area contributed by atoms with Gasteiger partial charge in [-0.05, 0) is 31.2 Å². The lowest BCUT2D eigenvalue weighted by Crippen LogP contribution is -2.66. The van der Waals surface area contributed by atoms with Crippen LogP contribution in [0.1, 0.15) is 6.92 Å². The molecule has 2 fully saturated rings. The van der Waals surface area contributed by atoms with Crippen molar-refractivity contribution in [3.8, 4) is 28.6 Å². The first-order valence-corrected chi connectivity index (χ1v) is 13.0. The van der Waals surface area contributed by atoms with Gasteiger partial charge in [-0.15, -0.1) is 0 Å². The number of fused-ring (bicyclic) bond motifs is 1. The molecule has 1 aromatic heterocycles. The van der Waals surface area contributed by atoms with Gasteiger partial charge in [0.15, 0.2) is 17.8 Å². The molecule has 3 heterocycles. The summed E-state index contributed by atoms with van der Waals surface area (Å²) in [5.41, 5.74) is -2.06. The van der Waals surface area contributed by atoms with E-state index in [0.29, 0.717) is 11.3 Å². The van der Waals surface area contributed by atoms with Crippen molar-refractivity contribution in [3.63, 3.8) is 0 Å². The average molecular weight is 593 g/mol. The third-order valence-corrected chi connectivity index (χ3v) is 7.48. The summed E-state index contributed by atoms with van der Waals surface area (Å²) < 4.78 is 33.5. The van der Waals surface area contributed by atoms with E-state index in [1.807, 2.05) is 0 Å². The van der Waals surface area contributed by atoms with Crippen LogP contribution in [0.25, 0.3) is 22.3 Å². The Morgan fingerprint density at radius 2 is 1.71 bits per heavy atom. The Hall–Kier alpha value is -3.31. The molecule has 9 atom stereocenters. The van der Waals surface area contributed by atoms with Crippen LogP contribution in [-0.2, 0) is 14.2 Å². The highest BCUT2D eigenvalue weighted by atomic mass is 16.8. The van der Waals surface area contributed by atoms with E-state index in [1.54, 1.807) is 24.3 Å². The summed E-state index contributed by atoms with van der Waals surface area (Å²) in [4.78, 5) is 12.9. The van der Waals surface area contributed by atoms with Gasteiger partial charge in [-0.2, -0.15) is 0 Å². The first-order valence-electron chi connectivity index (χ1n) is 13.0. The van der Waals surface area contributed by atoms with Gasteiger partial charge in [0, 0.05) is 23.8 Å². The minimum Gasteiger partial charge on any atom is -0.507 e. The molecule has 2 aliphatic rings. The van der Waals surface area contributed by atoms with E-state index >= 15 is 0 Å². The Morgan fingerprint density at radius 1 is 1.00 bits per heavy atom. The monoisotopic (exact) mass is 592 g/mol. The molecule has 0 aliphatic carbocycles. The molecule has 14 heteroatoms. The van der Waals surface area contributed by atoms with E-state index in [-0.39, 0.29) is 22.5 Å². The standard InChI is InChI=1S/C28H32O14/c1-28(36)20(32)11-38-27(25(28)35)42-24-23(34)22(33)19(10-29)41-26(24)39-14-7-15(30)21-16(31)9-17(40-18(21)8-14)12-3-5-13(37-2)6-4-12/h3-9,19-20,22-27,29-30,32-36H,10-11H2,1-2H3. The van der Waals surface area contributed by atoms with E-state index in [2.05, 4.69) is 0 Å². The molecular formula is C28H32O14. The van der Waals surface area contributed by atoms with Gasteiger partial charge in [-0.1, -0.05) is 0 Å². The number of methoxy groups -OCH3 is 1. The molecule has 0 amide bonds. The molecule has 7 N–H and O–H groups in total. The second kappa shape index (κ2) is 11.8. The summed E-state index contributed by atoms with van der Waals surface area (Å²) in [7, 11) is 1.52. The smallest absolute Gasteiger partial charge is 0.229 e. The largest absolute Gasteiger partial charge is 0.507 e. The summed E-state index contributed by atoms with van der Waals surface area (Å²) in [5, 5.41) is 72.5. The summed E-state index contributed by atoms with van der Waals surface area (Å²) in [6, 6.07) is 10.3. The molecule has 42 heavy (non-hydrogen) atoms. The number of hydrogen-bond donors (Lipinski definition) is 7. The van der Waals surface area contributed by atoms with Crippen LogP contribution in [0.4, 0.5) is 0 Å². The van der Waals surface area contributed by atoms with Crippen LogP contribution in [0.15, 0.2) is 51.7 Å². The molecule has 2 aliphatic heterocycles. The van der Waals surface area contributed by atoms with Gasteiger partial charge in [0.25, 0.3) is 0 Å². The lowest BCUT2D eigenvalue weighted by atomic mass is 9.90. The van der Waals surface area contributed by atoms with Crippen molar-refractivity contribution < 1.29 is 63.8 Å². The molecule has 0 radical (unpaired) electrons. The molecular weight excluding hydrogens is 560 g/mol. The molecule has 9 unspecified atom stereocenters. The number of ether oxygens (including phenoxy) is 5. The minimum absolute atomic E-state index is 0.0491. The van der Waals surface area contributed by atoms with E-state index in [1.165, 1.54) is 26.2 Å². The van der Waals surface area contributed by atoms with Crippen molar-refractivity contribution in [1.29, 1.82) is 0 Å². The summed E-state index contributed by atoms with van der Waals surface area (Å²) in [6.07, 6.45) is -12.7. The number of phenolic OH excluding ortho intramolecular Hbond substituents is 1. The van der Waals surface area contributed by atoms with Crippen LogP contribution in [0.2, 0.25) is 0 Å². The van der Waals surface area contributed by atoms with Crippen LogP contribution in [0, 0.1) is 0 Å². The maximum absolute atomic E-state index is 12.9. The Balaban J connectivity index is 1.47. The number of aliphatic hydroxyl groups excluding tert-OH is 5. The fourth-order valence-electron chi connectivity index (χ4n) is 4.83. The normalized spacial score (nSPS) is 33.4. The quantitative estimate of drug-likeness (QED) is 0.179. The van der Waals surface area contributed by atoms with Gasteiger partial charge in [0.2, 0.25) is 6.29 Å².